The summed E-state index contributed by atoms with van der Waals surface area (Å²) in [6.45, 7) is 1.71. The first-order valence-electron chi connectivity index (χ1n) is 7.64. The Hall–Kier alpha value is -2.82. The molecule has 0 aromatic heterocycles. The van der Waals surface area contributed by atoms with Gasteiger partial charge in [0.1, 0.15) is 11.8 Å². The topological polar surface area (TPSA) is 64.6 Å². The van der Waals surface area contributed by atoms with Gasteiger partial charge in [-0.1, -0.05) is 25.1 Å². The van der Waals surface area contributed by atoms with Crippen molar-refractivity contribution in [1.29, 1.82) is 0 Å². The minimum atomic E-state index is -0.771. The first-order chi connectivity index (χ1) is 11.6. The van der Waals surface area contributed by atoms with Gasteiger partial charge in [0.15, 0.2) is 5.78 Å². The summed E-state index contributed by atoms with van der Waals surface area (Å²) in [7, 11) is 2.88. The normalized spacial score (nSPS) is 12.8. The molecule has 2 aromatic rings. The summed E-state index contributed by atoms with van der Waals surface area (Å²) in [4.78, 5) is 24.8. The molecule has 0 aliphatic heterocycles. The standard InChI is InChI=1S/C19H21NO4/c1-13(18(21)14-9-11-16(23-2)12-10-14)17(19(22)24-3)20-15-7-5-4-6-8-15/h4-13,17,20H,1-3H3/t13-,17+/m0/s1. The number of hydrogen-bond acceptors (Lipinski definition) is 5. The van der Waals surface area contributed by atoms with Gasteiger partial charge in [-0.2, -0.15) is 0 Å². The largest absolute Gasteiger partial charge is 0.497 e. The van der Waals surface area contributed by atoms with E-state index >= 15 is 0 Å². The van der Waals surface area contributed by atoms with Crippen molar-refractivity contribution in [1.82, 2.24) is 0 Å². The number of benzene rings is 2. The van der Waals surface area contributed by atoms with Gasteiger partial charge in [-0.05, 0) is 36.4 Å². The van der Waals surface area contributed by atoms with E-state index in [-0.39, 0.29) is 5.78 Å². The number of nitrogens with one attached hydrogen (secondary N) is 1. The number of methoxy groups -OCH3 is 2. The smallest absolute Gasteiger partial charge is 0.329 e. The number of hydrogen-bond donors (Lipinski definition) is 1. The maximum Gasteiger partial charge on any atom is 0.329 e. The van der Waals surface area contributed by atoms with Gasteiger partial charge in [0, 0.05) is 11.3 Å². The third-order valence-electron chi connectivity index (χ3n) is 3.84. The van der Waals surface area contributed by atoms with Crippen molar-refractivity contribution < 1.29 is 19.1 Å². The molecule has 0 fully saturated rings. The van der Waals surface area contributed by atoms with E-state index in [0.29, 0.717) is 11.3 Å². The van der Waals surface area contributed by atoms with Gasteiger partial charge in [0.05, 0.1) is 20.1 Å². The van der Waals surface area contributed by atoms with E-state index in [1.807, 2.05) is 30.3 Å². The van der Waals surface area contributed by atoms with Gasteiger partial charge < -0.3 is 14.8 Å². The monoisotopic (exact) mass is 327 g/mol. The van der Waals surface area contributed by atoms with Crippen LogP contribution in [0.25, 0.3) is 0 Å². The minimum absolute atomic E-state index is 0.142. The molecule has 0 spiro atoms. The molecule has 0 aliphatic rings. The lowest BCUT2D eigenvalue weighted by Gasteiger charge is -2.23. The highest BCUT2D eigenvalue weighted by Crippen LogP contribution is 2.20. The van der Waals surface area contributed by atoms with Gasteiger partial charge in [0.2, 0.25) is 0 Å². The number of rotatable bonds is 7. The van der Waals surface area contributed by atoms with E-state index in [1.54, 1.807) is 38.3 Å². The molecule has 0 bridgehead atoms. The molecular formula is C19H21NO4. The first-order valence-corrected chi connectivity index (χ1v) is 7.64. The molecule has 0 heterocycles. The van der Waals surface area contributed by atoms with Crippen LogP contribution < -0.4 is 10.1 Å². The number of anilines is 1. The fourth-order valence-corrected chi connectivity index (χ4v) is 2.40. The summed E-state index contributed by atoms with van der Waals surface area (Å²) < 4.78 is 9.95. The summed E-state index contributed by atoms with van der Waals surface area (Å²) in [5, 5.41) is 3.08. The van der Waals surface area contributed by atoms with Crippen LogP contribution in [0.4, 0.5) is 5.69 Å². The third-order valence-corrected chi connectivity index (χ3v) is 3.84. The summed E-state index contributed by atoms with van der Waals surface area (Å²) in [5.74, 6) is -0.540. The molecule has 0 radical (unpaired) electrons. The van der Waals surface area contributed by atoms with Crippen LogP contribution in [0.2, 0.25) is 0 Å². The van der Waals surface area contributed by atoms with E-state index < -0.39 is 17.9 Å². The van der Waals surface area contributed by atoms with Gasteiger partial charge in [0.25, 0.3) is 0 Å². The van der Waals surface area contributed by atoms with Crippen molar-refractivity contribution in [2.24, 2.45) is 5.92 Å². The van der Waals surface area contributed by atoms with Gasteiger partial charge in [-0.3, -0.25) is 4.79 Å². The van der Waals surface area contributed by atoms with E-state index in [1.165, 1.54) is 7.11 Å². The number of carbonyl (C=O) groups excluding carboxylic acids is 2. The highest BCUT2D eigenvalue weighted by atomic mass is 16.5. The lowest BCUT2D eigenvalue weighted by molar-refractivity contribution is -0.142. The van der Waals surface area contributed by atoms with Crippen LogP contribution in [-0.4, -0.2) is 32.0 Å². The van der Waals surface area contributed by atoms with Crippen molar-refractivity contribution in [3.8, 4) is 5.75 Å². The van der Waals surface area contributed by atoms with Crippen molar-refractivity contribution in [3.63, 3.8) is 0 Å². The van der Waals surface area contributed by atoms with Gasteiger partial charge >= 0.3 is 5.97 Å². The molecule has 24 heavy (non-hydrogen) atoms. The van der Waals surface area contributed by atoms with Crippen LogP contribution in [0, 0.1) is 5.92 Å². The molecular weight excluding hydrogens is 306 g/mol. The van der Waals surface area contributed by atoms with Crippen molar-refractivity contribution >= 4 is 17.4 Å². The number of carbonyl (C=O) groups is 2. The molecule has 5 heteroatoms. The van der Waals surface area contributed by atoms with E-state index in [4.69, 9.17) is 9.47 Å². The second-order valence-electron chi connectivity index (χ2n) is 5.39. The molecule has 2 atom stereocenters. The Labute approximate surface area is 141 Å². The number of ketones is 1. The quantitative estimate of drug-likeness (QED) is 0.625. The molecule has 0 unspecified atom stereocenters. The maximum atomic E-state index is 12.7. The Morgan fingerprint density at radius 3 is 2.12 bits per heavy atom. The van der Waals surface area contributed by atoms with E-state index in [0.717, 1.165) is 5.69 Å². The van der Waals surface area contributed by atoms with Gasteiger partial charge in [-0.15, -0.1) is 0 Å². The lowest BCUT2D eigenvalue weighted by atomic mass is 9.92. The molecule has 126 valence electrons. The van der Waals surface area contributed by atoms with Crippen molar-refractivity contribution in [2.75, 3.05) is 19.5 Å². The summed E-state index contributed by atoms with van der Waals surface area (Å²) in [6.07, 6.45) is 0. The Morgan fingerprint density at radius 2 is 1.58 bits per heavy atom. The molecule has 0 saturated carbocycles. The predicted octanol–water partition coefficient (Wildman–Crippen LogP) is 3.17. The lowest BCUT2D eigenvalue weighted by Crippen LogP contribution is -2.40. The molecule has 2 aromatic carbocycles. The molecule has 5 nitrogen and oxygen atoms in total. The Bertz CT molecular complexity index is 682. The first kappa shape index (κ1) is 17.5. The second-order valence-corrected chi connectivity index (χ2v) is 5.39. The maximum absolute atomic E-state index is 12.7. The van der Waals surface area contributed by atoms with Crippen LogP contribution in [0.5, 0.6) is 5.75 Å². The van der Waals surface area contributed by atoms with Crippen molar-refractivity contribution in [2.45, 2.75) is 13.0 Å². The number of esters is 1. The third kappa shape index (κ3) is 4.13. The molecule has 0 amide bonds. The Morgan fingerprint density at radius 1 is 0.958 bits per heavy atom. The average Bonchev–Trinajstić information content (AvgIpc) is 2.65. The number of ether oxygens (including phenoxy) is 2. The summed E-state index contributed by atoms with van der Waals surface area (Å²) in [6, 6.07) is 15.3. The van der Waals surface area contributed by atoms with Crippen LogP contribution in [0.15, 0.2) is 54.6 Å². The van der Waals surface area contributed by atoms with Crippen LogP contribution >= 0.6 is 0 Å². The zero-order valence-corrected chi connectivity index (χ0v) is 14.0. The molecule has 0 aliphatic carbocycles. The predicted molar refractivity (Wildman–Crippen MR) is 92.4 cm³/mol. The number of para-hydroxylation sites is 1. The summed E-state index contributed by atoms with van der Waals surface area (Å²) in [5.41, 5.74) is 1.27. The van der Waals surface area contributed by atoms with Crippen LogP contribution in [0.3, 0.4) is 0 Å². The molecule has 0 saturated heterocycles. The van der Waals surface area contributed by atoms with Crippen molar-refractivity contribution in [3.05, 3.63) is 60.2 Å². The van der Waals surface area contributed by atoms with E-state index in [9.17, 15) is 9.59 Å². The Kier molecular flexibility index (Phi) is 5.95. The summed E-state index contributed by atoms with van der Waals surface area (Å²) >= 11 is 0. The fraction of sp³-hybridized carbons (Fsp3) is 0.263. The van der Waals surface area contributed by atoms with Gasteiger partial charge in [-0.25, -0.2) is 4.79 Å². The second kappa shape index (κ2) is 8.15. The fourth-order valence-electron chi connectivity index (χ4n) is 2.40. The van der Waals surface area contributed by atoms with Crippen LogP contribution in [0.1, 0.15) is 17.3 Å². The molecule has 1 N–H and O–H groups in total. The number of Topliss-reactive ketones (excluding diaryl/α,β-unsaturated/α-hetero) is 1. The molecule has 2 rings (SSSR count). The Balaban J connectivity index is 2.20. The van der Waals surface area contributed by atoms with E-state index in [2.05, 4.69) is 5.32 Å². The zero-order chi connectivity index (χ0) is 17.5. The van der Waals surface area contributed by atoms with Crippen LogP contribution in [-0.2, 0) is 9.53 Å². The minimum Gasteiger partial charge on any atom is -0.497 e. The highest BCUT2D eigenvalue weighted by molar-refractivity contribution is 6.01. The zero-order valence-electron chi connectivity index (χ0n) is 14.0. The average molecular weight is 327 g/mol. The highest BCUT2D eigenvalue weighted by Gasteiger charge is 2.31. The SMILES string of the molecule is COC(=O)[C@H](Nc1ccccc1)[C@H](C)C(=O)c1ccc(OC)cc1.